The first-order valence-electron chi connectivity index (χ1n) is 8.18. The molecule has 0 saturated carbocycles. The van der Waals surface area contributed by atoms with Crippen molar-refractivity contribution in [2.24, 2.45) is 0 Å². The molecule has 5 rings (SSSR count). The molecule has 0 bridgehead atoms. The Morgan fingerprint density at radius 2 is 1.65 bits per heavy atom. The van der Waals surface area contributed by atoms with Crippen LogP contribution < -0.4 is 0 Å². The Morgan fingerprint density at radius 1 is 0.885 bits per heavy atom. The number of carbonyl (C=O) groups is 1. The van der Waals surface area contributed by atoms with Gasteiger partial charge in [-0.25, -0.2) is 9.97 Å². The molecule has 0 aliphatic carbocycles. The molecule has 5 aromatic rings. The third-order valence-electron chi connectivity index (χ3n) is 4.47. The highest BCUT2D eigenvalue weighted by Crippen LogP contribution is 2.28. The topological polar surface area (TPSA) is 47.3 Å². The number of rotatable bonds is 2. The molecule has 0 unspecified atom stereocenters. The summed E-state index contributed by atoms with van der Waals surface area (Å²) < 4.78 is 2.86. The molecule has 2 aromatic carbocycles. The van der Waals surface area contributed by atoms with Crippen LogP contribution in [0.2, 0.25) is 0 Å². The first-order valence-corrected chi connectivity index (χ1v) is 8.97. The number of para-hydroxylation sites is 1. The first kappa shape index (κ1) is 15.2. The molecule has 3 heterocycles. The standard InChI is InChI=1S/C21H12BrN3O/c22-14-10-8-13(9-11-14)21(26)19-20-18(15-5-1-2-6-16(15)23-19)24-17-7-3-4-12-25(17)20/h1-12H. The largest absolute Gasteiger partial charge is 0.298 e. The van der Waals surface area contributed by atoms with E-state index in [1.165, 1.54) is 0 Å². The van der Waals surface area contributed by atoms with Crippen LogP contribution in [0.1, 0.15) is 16.1 Å². The summed E-state index contributed by atoms with van der Waals surface area (Å²) in [7, 11) is 0. The van der Waals surface area contributed by atoms with E-state index in [1.54, 1.807) is 12.1 Å². The Hall–Kier alpha value is -3.05. The molecule has 0 aliphatic heterocycles. The molecular formula is C21H12BrN3O. The van der Waals surface area contributed by atoms with Gasteiger partial charge in [0.25, 0.3) is 0 Å². The summed E-state index contributed by atoms with van der Waals surface area (Å²) in [5.74, 6) is -0.112. The maximum Gasteiger partial charge on any atom is 0.213 e. The molecular weight excluding hydrogens is 390 g/mol. The Kier molecular flexibility index (Phi) is 3.36. The van der Waals surface area contributed by atoms with Crippen molar-refractivity contribution in [3.05, 3.63) is 88.7 Å². The number of carbonyl (C=O) groups excluding carboxylic acids is 1. The SMILES string of the molecule is O=C(c1ccc(Br)cc1)c1nc2ccccc2c2nc3ccccn3c12. The van der Waals surface area contributed by atoms with Crippen LogP contribution >= 0.6 is 15.9 Å². The minimum atomic E-state index is -0.112. The molecule has 5 heteroatoms. The average Bonchev–Trinajstić information content (AvgIpc) is 3.07. The van der Waals surface area contributed by atoms with E-state index in [2.05, 4.69) is 15.9 Å². The van der Waals surface area contributed by atoms with Crippen LogP contribution in [0.25, 0.3) is 27.6 Å². The molecule has 0 atom stereocenters. The van der Waals surface area contributed by atoms with Gasteiger partial charge in [-0.15, -0.1) is 0 Å². The van der Waals surface area contributed by atoms with Crippen molar-refractivity contribution in [1.29, 1.82) is 0 Å². The van der Waals surface area contributed by atoms with Gasteiger partial charge >= 0.3 is 0 Å². The lowest BCUT2D eigenvalue weighted by Gasteiger charge is -2.06. The van der Waals surface area contributed by atoms with E-state index in [0.717, 1.165) is 32.1 Å². The van der Waals surface area contributed by atoms with Gasteiger partial charge in [0.05, 0.1) is 5.52 Å². The maximum absolute atomic E-state index is 13.2. The quantitative estimate of drug-likeness (QED) is 0.389. The lowest BCUT2D eigenvalue weighted by Crippen LogP contribution is -2.06. The van der Waals surface area contributed by atoms with Crippen LogP contribution in [-0.2, 0) is 0 Å². The number of hydrogen-bond donors (Lipinski definition) is 0. The molecule has 124 valence electrons. The highest BCUT2D eigenvalue weighted by molar-refractivity contribution is 9.10. The molecule has 0 saturated heterocycles. The Morgan fingerprint density at radius 3 is 2.50 bits per heavy atom. The maximum atomic E-state index is 13.2. The Bertz CT molecular complexity index is 1310. The van der Waals surface area contributed by atoms with Gasteiger partial charge in [-0.3, -0.25) is 9.20 Å². The third-order valence-corrected chi connectivity index (χ3v) is 5.00. The van der Waals surface area contributed by atoms with E-state index in [1.807, 2.05) is 65.2 Å². The molecule has 3 aromatic heterocycles. The molecule has 0 radical (unpaired) electrons. The van der Waals surface area contributed by atoms with E-state index in [9.17, 15) is 4.79 Å². The van der Waals surface area contributed by atoms with Crippen molar-refractivity contribution < 1.29 is 4.79 Å². The van der Waals surface area contributed by atoms with Gasteiger partial charge < -0.3 is 0 Å². The minimum Gasteiger partial charge on any atom is -0.298 e. The average molecular weight is 402 g/mol. The van der Waals surface area contributed by atoms with E-state index in [-0.39, 0.29) is 5.78 Å². The lowest BCUT2D eigenvalue weighted by atomic mass is 10.0. The van der Waals surface area contributed by atoms with Crippen molar-refractivity contribution in [3.8, 4) is 0 Å². The predicted octanol–water partition coefficient (Wildman–Crippen LogP) is 5.03. The molecule has 0 N–H and O–H groups in total. The summed E-state index contributed by atoms with van der Waals surface area (Å²) in [6.45, 7) is 0. The number of halogens is 1. The van der Waals surface area contributed by atoms with E-state index in [0.29, 0.717) is 11.3 Å². The van der Waals surface area contributed by atoms with Crippen molar-refractivity contribution in [2.45, 2.75) is 0 Å². The van der Waals surface area contributed by atoms with Gasteiger partial charge in [0, 0.05) is 21.6 Å². The van der Waals surface area contributed by atoms with Crippen LogP contribution in [0, 0.1) is 0 Å². The van der Waals surface area contributed by atoms with Gasteiger partial charge in [0.1, 0.15) is 22.4 Å². The second kappa shape index (κ2) is 5.75. The summed E-state index contributed by atoms with van der Waals surface area (Å²) in [5, 5.41) is 0.943. The number of ketones is 1. The normalized spacial score (nSPS) is 11.4. The Labute approximate surface area is 157 Å². The van der Waals surface area contributed by atoms with Crippen molar-refractivity contribution in [2.75, 3.05) is 0 Å². The minimum absolute atomic E-state index is 0.112. The molecule has 0 fully saturated rings. The van der Waals surface area contributed by atoms with Gasteiger partial charge in [-0.2, -0.15) is 0 Å². The fraction of sp³-hybridized carbons (Fsp3) is 0. The van der Waals surface area contributed by atoms with Crippen LogP contribution in [0.4, 0.5) is 0 Å². The monoisotopic (exact) mass is 401 g/mol. The van der Waals surface area contributed by atoms with Gasteiger partial charge in [0.2, 0.25) is 5.78 Å². The van der Waals surface area contributed by atoms with E-state index >= 15 is 0 Å². The van der Waals surface area contributed by atoms with Gasteiger partial charge in [-0.1, -0.05) is 40.2 Å². The number of pyridine rings is 2. The molecule has 26 heavy (non-hydrogen) atoms. The number of hydrogen-bond acceptors (Lipinski definition) is 3. The Balaban J connectivity index is 1.90. The third kappa shape index (κ3) is 2.24. The fourth-order valence-corrected chi connectivity index (χ4v) is 3.52. The van der Waals surface area contributed by atoms with Crippen molar-refractivity contribution in [1.82, 2.24) is 14.4 Å². The first-order chi connectivity index (χ1) is 12.7. The van der Waals surface area contributed by atoms with Crippen molar-refractivity contribution >= 4 is 49.3 Å². The van der Waals surface area contributed by atoms with Crippen LogP contribution in [0.5, 0.6) is 0 Å². The van der Waals surface area contributed by atoms with Crippen LogP contribution in [0.3, 0.4) is 0 Å². The summed E-state index contributed by atoms with van der Waals surface area (Å²) >= 11 is 3.41. The molecule has 0 spiro atoms. The highest BCUT2D eigenvalue weighted by Gasteiger charge is 2.20. The number of nitrogens with zero attached hydrogens (tertiary/aromatic N) is 3. The zero-order valence-electron chi connectivity index (χ0n) is 13.6. The molecule has 4 nitrogen and oxygen atoms in total. The van der Waals surface area contributed by atoms with E-state index < -0.39 is 0 Å². The van der Waals surface area contributed by atoms with Crippen molar-refractivity contribution in [3.63, 3.8) is 0 Å². The lowest BCUT2D eigenvalue weighted by molar-refractivity contribution is 0.103. The van der Waals surface area contributed by atoms with Gasteiger partial charge in [-0.05, 0) is 42.5 Å². The summed E-state index contributed by atoms with van der Waals surface area (Å²) in [6, 6.07) is 20.9. The summed E-state index contributed by atoms with van der Waals surface area (Å²) in [4.78, 5) is 22.7. The van der Waals surface area contributed by atoms with Crippen LogP contribution in [0.15, 0.2) is 77.4 Å². The smallest absolute Gasteiger partial charge is 0.213 e. The zero-order chi connectivity index (χ0) is 17.7. The molecule has 0 aliphatic rings. The molecule has 0 amide bonds. The number of benzene rings is 2. The highest BCUT2D eigenvalue weighted by atomic mass is 79.9. The second-order valence-corrected chi connectivity index (χ2v) is 6.97. The summed E-state index contributed by atoms with van der Waals surface area (Å²) in [5.41, 5.74) is 4.12. The number of fused-ring (bicyclic) bond motifs is 5. The predicted molar refractivity (Wildman–Crippen MR) is 106 cm³/mol. The van der Waals surface area contributed by atoms with Gasteiger partial charge in [0.15, 0.2) is 0 Å². The van der Waals surface area contributed by atoms with Crippen LogP contribution in [-0.4, -0.2) is 20.2 Å². The number of imidazole rings is 1. The second-order valence-electron chi connectivity index (χ2n) is 6.05. The number of aromatic nitrogens is 3. The zero-order valence-corrected chi connectivity index (χ0v) is 15.1. The van der Waals surface area contributed by atoms with E-state index in [4.69, 9.17) is 9.97 Å². The summed E-state index contributed by atoms with van der Waals surface area (Å²) in [6.07, 6.45) is 1.92. The fourth-order valence-electron chi connectivity index (χ4n) is 3.25.